The number of hydrogen-bond donors (Lipinski definition) is 2. The molecule has 1 aromatic heterocycles. The molecule has 1 aliphatic heterocycles. The van der Waals surface area contributed by atoms with E-state index < -0.39 is 0 Å². The molecule has 1 aliphatic carbocycles. The lowest BCUT2D eigenvalue weighted by Crippen LogP contribution is -2.40. The Morgan fingerprint density at radius 2 is 2.05 bits per heavy atom. The predicted molar refractivity (Wildman–Crippen MR) is 78.6 cm³/mol. The highest BCUT2D eigenvalue weighted by molar-refractivity contribution is 4.90. The zero-order valence-corrected chi connectivity index (χ0v) is 12.8. The highest BCUT2D eigenvalue weighted by Crippen LogP contribution is 2.34. The minimum atomic E-state index is -0.221. The van der Waals surface area contributed by atoms with Crippen molar-refractivity contribution >= 4 is 0 Å². The van der Waals surface area contributed by atoms with E-state index in [4.69, 9.17) is 0 Å². The first-order chi connectivity index (χ1) is 10.2. The van der Waals surface area contributed by atoms with Crippen molar-refractivity contribution in [3.05, 3.63) is 5.82 Å². The van der Waals surface area contributed by atoms with Gasteiger partial charge in [-0.3, -0.25) is 0 Å². The van der Waals surface area contributed by atoms with Crippen LogP contribution in [0.15, 0.2) is 0 Å². The Labute approximate surface area is 125 Å². The molecule has 0 amide bonds. The Morgan fingerprint density at radius 1 is 1.29 bits per heavy atom. The fourth-order valence-corrected chi connectivity index (χ4v) is 3.07. The van der Waals surface area contributed by atoms with Gasteiger partial charge < -0.3 is 15.3 Å². The molecule has 3 rings (SSSR count). The number of aliphatic hydroxyl groups is 1. The Bertz CT molecular complexity index is 436. The van der Waals surface area contributed by atoms with Gasteiger partial charge in [-0.25, -0.2) is 4.68 Å². The van der Waals surface area contributed by atoms with Gasteiger partial charge >= 0.3 is 0 Å². The van der Waals surface area contributed by atoms with Gasteiger partial charge in [-0.1, -0.05) is 0 Å². The molecule has 0 radical (unpaired) electrons. The van der Waals surface area contributed by atoms with Crippen LogP contribution in [0.1, 0.15) is 44.5 Å². The van der Waals surface area contributed by atoms with Gasteiger partial charge in [-0.15, -0.1) is 5.10 Å². The van der Waals surface area contributed by atoms with Crippen LogP contribution in [0.5, 0.6) is 0 Å². The molecule has 1 atom stereocenters. The van der Waals surface area contributed by atoms with Gasteiger partial charge in [0.15, 0.2) is 5.82 Å². The van der Waals surface area contributed by atoms with Crippen LogP contribution >= 0.6 is 0 Å². The molecule has 2 fully saturated rings. The number of aliphatic hydroxyl groups excluding tert-OH is 1. The molecule has 118 valence electrons. The molecule has 0 spiro atoms. The first-order valence-corrected chi connectivity index (χ1v) is 8.10. The van der Waals surface area contributed by atoms with Crippen LogP contribution < -0.4 is 5.32 Å². The van der Waals surface area contributed by atoms with E-state index in [-0.39, 0.29) is 6.10 Å². The third-order valence-electron chi connectivity index (χ3n) is 4.40. The van der Waals surface area contributed by atoms with Gasteiger partial charge in [0.1, 0.15) is 0 Å². The summed E-state index contributed by atoms with van der Waals surface area (Å²) >= 11 is 0. The molecule has 0 unspecified atom stereocenters. The van der Waals surface area contributed by atoms with Crippen LogP contribution in [0, 0.1) is 5.92 Å². The first-order valence-electron chi connectivity index (χ1n) is 8.10. The molecule has 0 aromatic carbocycles. The molecule has 1 aromatic rings. The summed E-state index contributed by atoms with van der Waals surface area (Å²) in [4.78, 5) is 2.36. The third kappa shape index (κ3) is 4.21. The second kappa shape index (κ2) is 6.81. The van der Waals surface area contributed by atoms with Crippen LogP contribution in [0.3, 0.4) is 0 Å². The van der Waals surface area contributed by atoms with Crippen molar-refractivity contribution in [1.82, 2.24) is 30.4 Å². The van der Waals surface area contributed by atoms with Gasteiger partial charge in [0.25, 0.3) is 0 Å². The van der Waals surface area contributed by atoms with Crippen LogP contribution in [0.2, 0.25) is 0 Å². The zero-order chi connectivity index (χ0) is 14.7. The van der Waals surface area contributed by atoms with E-state index in [1.54, 1.807) is 0 Å². The minimum absolute atomic E-state index is 0.221. The number of nitrogens with zero attached hydrogens (tertiary/aromatic N) is 5. The van der Waals surface area contributed by atoms with E-state index >= 15 is 0 Å². The Morgan fingerprint density at radius 3 is 2.71 bits per heavy atom. The highest BCUT2D eigenvalue weighted by Gasteiger charge is 2.27. The molecular weight excluding hydrogens is 268 g/mol. The maximum atomic E-state index is 9.42. The molecule has 7 nitrogen and oxygen atoms in total. The number of tetrazole rings is 1. The summed E-state index contributed by atoms with van der Waals surface area (Å²) < 4.78 is 1.97. The van der Waals surface area contributed by atoms with Crippen molar-refractivity contribution in [3.63, 3.8) is 0 Å². The number of rotatable bonds is 7. The van der Waals surface area contributed by atoms with E-state index in [1.807, 2.05) is 11.6 Å². The SMILES string of the molecule is C[C@@H](O)CN1CCC(CNCc2nnnn2C2CC2)CC1. The summed E-state index contributed by atoms with van der Waals surface area (Å²) in [5, 5.41) is 24.9. The van der Waals surface area contributed by atoms with Crippen LogP contribution in [0.4, 0.5) is 0 Å². The summed E-state index contributed by atoms with van der Waals surface area (Å²) in [6.45, 7) is 6.64. The van der Waals surface area contributed by atoms with Crippen LogP contribution in [-0.4, -0.2) is 62.5 Å². The topological polar surface area (TPSA) is 79.1 Å². The fraction of sp³-hybridized carbons (Fsp3) is 0.929. The summed E-state index contributed by atoms with van der Waals surface area (Å²) in [5.41, 5.74) is 0. The third-order valence-corrected chi connectivity index (χ3v) is 4.40. The van der Waals surface area contributed by atoms with Crippen molar-refractivity contribution in [2.24, 2.45) is 5.92 Å². The standard InChI is InChI=1S/C14H26N6O/c1-11(21)10-19-6-4-12(5-7-19)8-15-9-14-16-17-18-20(14)13-2-3-13/h11-13,15,21H,2-10H2,1H3/t11-/m1/s1. The molecule has 1 saturated carbocycles. The number of nitrogens with one attached hydrogen (secondary N) is 1. The van der Waals surface area contributed by atoms with Crippen molar-refractivity contribution in [3.8, 4) is 0 Å². The van der Waals surface area contributed by atoms with E-state index in [0.29, 0.717) is 6.04 Å². The molecular formula is C14H26N6O. The van der Waals surface area contributed by atoms with Gasteiger partial charge in [-0.2, -0.15) is 0 Å². The molecule has 0 bridgehead atoms. The average Bonchev–Trinajstić information content (AvgIpc) is 3.20. The van der Waals surface area contributed by atoms with Crippen LogP contribution in [-0.2, 0) is 6.54 Å². The quantitative estimate of drug-likeness (QED) is 0.747. The zero-order valence-electron chi connectivity index (χ0n) is 12.8. The molecule has 2 aliphatic rings. The monoisotopic (exact) mass is 294 g/mol. The van der Waals surface area contributed by atoms with Crippen molar-refractivity contribution < 1.29 is 5.11 Å². The normalized spacial score (nSPS) is 22.6. The van der Waals surface area contributed by atoms with Gasteiger partial charge in [0, 0.05) is 6.54 Å². The summed E-state index contributed by atoms with van der Waals surface area (Å²) in [7, 11) is 0. The van der Waals surface area contributed by atoms with Crippen molar-refractivity contribution in [2.75, 3.05) is 26.2 Å². The lowest BCUT2D eigenvalue weighted by Gasteiger charge is -2.32. The summed E-state index contributed by atoms with van der Waals surface area (Å²) in [5.74, 6) is 1.68. The molecule has 7 heteroatoms. The Balaban J connectivity index is 1.35. The second-order valence-corrected chi connectivity index (χ2v) is 6.49. The van der Waals surface area contributed by atoms with Gasteiger partial charge in [0.2, 0.25) is 0 Å². The number of piperidine rings is 1. The molecule has 2 N–H and O–H groups in total. The lowest BCUT2D eigenvalue weighted by atomic mass is 9.96. The van der Waals surface area contributed by atoms with Crippen molar-refractivity contribution in [2.45, 2.75) is 51.3 Å². The lowest BCUT2D eigenvalue weighted by molar-refractivity contribution is 0.0997. The first kappa shape index (κ1) is 14.9. The van der Waals surface area contributed by atoms with Crippen molar-refractivity contribution in [1.29, 1.82) is 0 Å². The van der Waals surface area contributed by atoms with Crippen LogP contribution in [0.25, 0.3) is 0 Å². The maximum absolute atomic E-state index is 9.42. The molecule has 1 saturated heterocycles. The number of aromatic nitrogens is 4. The number of hydrogen-bond acceptors (Lipinski definition) is 6. The maximum Gasteiger partial charge on any atom is 0.165 e. The molecule has 21 heavy (non-hydrogen) atoms. The summed E-state index contributed by atoms with van der Waals surface area (Å²) in [6, 6.07) is 0.542. The van der Waals surface area contributed by atoms with E-state index in [0.717, 1.165) is 44.5 Å². The smallest absolute Gasteiger partial charge is 0.165 e. The Kier molecular flexibility index (Phi) is 4.82. The Hall–Kier alpha value is -1.05. The van der Waals surface area contributed by atoms with Gasteiger partial charge in [0.05, 0.1) is 18.7 Å². The highest BCUT2D eigenvalue weighted by atomic mass is 16.3. The summed E-state index contributed by atoms with van der Waals surface area (Å²) in [6.07, 6.45) is 4.60. The van der Waals surface area contributed by atoms with E-state index in [9.17, 15) is 5.11 Å². The second-order valence-electron chi connectivity index (χ2n) is 6.49. The van der Waals surface area contributed by atoms with E-state index in [2.05, 4.69) is 25.7 Å². The van der Waals surface area contributed by atoms with Gasteiger partial charge in [-0.05, 0) is 68.6 Å². The number of likely N-dealkylation sites (tertiary alicyclic amines) is 1. The predicted octanol–water partition coefficient (Wildman–Crippen LogP) is 0.190. The largest absolute Gasteiger partial charge is 0.392 e. The molecule has 2 heterocycles. The minimum Gasteiger partial charge on any atom is -0.392 e. The average molecular weight is 294 g/mol. The fourth-order valence-electron chi connectivity index (χ4n) is 3.07. The number of β-amino-alcohol motifs (C(OH)–C–C–N with tert-alkyl or cyclic N) is 1. The van der Waals surface area contributed by atoms with E-state index in [1.165, 1.54) is 25.7 Å².